The number of benzene rings is 2. The van der Waals surface area contributed by atoms with Gasteiger partial charge in [0.15, 0.2) is 0 Å². The number of aliphatic hydroxyl groups excluding tert-OH is 1. The number of ether oxygens (including phenoxy) is 1. The van der Waals surface area contributed by atoms with Crippen LogP contribution in [0.5, 0.6) is 5.75 Å². The van der Waals surface area contributed by atoms with Crippen molar-refractivity contribution in [3.8, 4) is 11.8 Å². The molecule has 3 aromatic rings. The smallest absolute Gasteiger partial charge is 0.137 e. The standard InChI is InChI=1S/C22H25N3O2/c1-22(2,13-17-15-24-19-9-5-4-8-18(17)19)25-21(26)11-12-27-20-10-6-3-7-16(20)14-23/h3-10,15,21,24-26H,11-13H2,1-2H3. The van der Waals surface area contributed by atoms with Gasteiger partial charge < -0.3 is 14.8 Å². The predicted octanol–water partition coefficient (Wildman–Crippen LogP) is 3.74. The predicted molar refractivity (Wildman–Crippen MR) is 106 cm³/mol. The highest BCUT2D eigenvalue weighted by Gasteiger charge is 2.23. The molecule has 1 unspecified atom stereocenters. The number of aromatic amines is 1. The lowest BCUT2D eigenvalue weighted by Gasteiger charge is -2.29. The van der Waals surface area contributed by atoms with Crippen molar-refractivity contribution >= 4 is 10.9 Å². The van der Waals surface area contributed by atoms with E-state index in [1.165, 1.54) is 10.9 Å². The number of nitrogens with zero attached hydrogens (tertiary/aromatic N) is 1. The van der Waals surface area contributed by atoms with Crippen LogP contribution in [0.25, 0.3) is 10.9 Å². The zero-order chi connectivity index (χ0) is 19.3. The van der Waals surface area contributed by atoms with E-state index in [9.17, 15) is 5.11 Å². The number of nitriles is 1. The first kappa shape index (κ1) is 19.0. The van der Waals surface area contributed by atoms with E-state index in [2.05, 4.69) is 42.4 Å². The Kier molecular flexibility index (Phi) is 5.80. The molecule has 0 amide bonds. The molecule has 0 saturated heterocycles. The quantitative estimate of drug-likeness (QED) is 0.533. The van der Waals surface area contributed by atoms with Gasteiger partial charge in [-0.15, -0.1) is 0 Å². The van der Waals surface area contributed by atoms with Gasteiger partial charge in [0.25, 0.3) is 0 Å². The Bertz CT molecular complexity index is 940. The van der Waals surface area contributed by atoms with Crippen LogP contribution in [0.1, 0.15) is 31.4 Å². The van der Waals surface area contributed by atoms with E-state index in [1.54, 1.807) is 18.2 Å². The zero-order valence-corrected chi connectivity index (χ0v) is 15.7. The summed E-state index contributed by atoms with van der Waals surface area (Å²) in [5.74, 6) is 0.547. The third-order valence-electron chi connectivity index (χ3n) is 4.52. The fourth-order valence-electron chi connectivity index (χ4n) is 3.29. The lowest BCUT2D eigenvalue weighted by Crippen LogP contribution is -2.47. The third kappa shape index (κ3) is 4.88. The van der Waals surface area contributed by atoms with Gasteiger partial charge >= 0.3 is 0 Å². The van der Waals surface area contributed by atoms with Crippen molar-refractivity contribution in [3.63, 3.8) is 0 Å². The van der Waals surface area contributed by atoms with Crippen LogP contribution in [0.15, 0.2) is 54.7 Å². The molecule has 0 saturated carbocycles. The van der Waals surface area contributed by atoms with E-state index in [0.29, 0.717) is 24.3 Å². The number of H-pyrrole nitrogens is 1. The molecule has 27 heavy (non-hydrogen) atoms. The van der Waals surface area contributed by atoms with Crippen LogP contribution in [-0.4, -0.2) is 28.5 Å². The molecule has 1 aromatic heterocycles. The lowest BCUT2D eigenvalue weighted by molar-refractivity contribution is 0.0780. The van der Waals surface area contributed by atoms with Crippen LogP contribution in [0.4, 0.5) is 0 Å². The minimum absolute atomic E-state index is 0.283. The van der Waals surface area contributed by atoms with Gasteiger partial charge in [0.05, 0.1) is 12.2 Å². The first-order valence-electron chi connectivity index (χ1n) is 9.11. The summed E-state index contributed by atoms with van der Waals surface area (Å²) in [6, 6.07) is 17.4. The molecule has 1 heterocycles. The minimum atomic E-state index is -0.695. The Morgan fingerprint density at radius 3 is 2.74 bits per heavy atom. The number of hydrogen-bond donors (Lipinski definition) is 3. The molecule has 0 bridgehead atoms. The Labute approximate surface area is 159 Å². The van der Waals surface area contributed by atoms with E-state index >= 15 is 0 Å². The van der Waals surface area contributed by atoms with Gasteiger partial charge in [0, 0.05) is 29.1 Å². The molecule has 0 aliphatic carbocycles. The molecule has 0 fully saturated rings. The molecule has 5 nitrogen and oxygen atoms in total. The van der Waals surface area contributed by atoms with Crippen LogP contribution >= 0.6 is 0 Å². The topological polar surface area (TPSA) is 81.1 Å². The second kappa shape index (κ2) is 8.26. The lowest BCUT2D eigenvalue weighted by atomic mass is 9.94. The highest BCUT2D eigenvalue weighted by atomic mass is 16.5. The molecule has 140 valence electrons. The van der Waals surface area contributed by atoms with E-state index in [-0.39, 0.29) is 5.54 Å². The molecule has 3 N–H and O–H groups in total. The maximum absolute atomic E-state index is 10.4. The summed E-state index contributed by atoms with van der Waals surface area (Å²) in [6.45, 7) is 4.48. The maximum Gasteiger partial charge on any atom is 0.137 e. The minimum Gasteiger partial charge on any atom is -0.492 e. The molecule has 1 atom stereocenters. The van der Waals surface area contributed by atoms with Crippen LogP contribution < -0.4 is 10.1 Å². The van der Waals surface area contributed by atoms with Crippen LogP contribution in [0.2, 0.25) is 0 Å². The largest absolute Gasteiger partial charge is 0.492 e. The zero-order valence-electron chi connectivity index (χ0n) is 15.7. The summed E-state index contributed by atoms with van der Waals surface area (Å²) in [7, 11) is 0. The molecule has 3 rings (SSSR count). The first-order valence-corrected chi connectivity index (χ1v) is 9.11. The summed E-state index contributed by atoms with van der Waals surface area (Å²) < 4.78 is 5.65. The normalized spacial score (nSPS) is 12.7. The van der Waals surface area contributed by atoms with Crippen molar-refractivity contribution in [2.45, 2.75) is 38.5 Å². The van der Waals surface area contributed by atoms with E-state index in [0.717, 1.165) is 11.9 Å². The Balaban J connectivity index is 1.53. The summed E-state index contributed by atoms with van der Waals surface area (Å²) in [5.41, 5.74) is 2.55. The SMILES string of the molecule is CC(C)(Cc1c[nH]c2ccccc12)NC(O)CCOc1ccccc1C#N. The molecule has 0 spiro atoms. The van der Waals surface area contributed by atoms with Crippen LogP contribution in [0.3, 0.4) is 0 Å². The first-order chi connectivity index (χ1) is 13.0. The van der Waals surface area contributed by atoms with Crippen molar-refractivity contribution in [1.82, 2.24) is 10.3 Å². The highest BCUT2D eigenvalue weighted by Crippen LogP contribution is 2.23. The third-order valence-corrected chi connectivity index (χ3v) is 4.52. The van der Waals surface area contributed by atoms with Gasteiger partial charge in [0.1, 0.15) is 18.0 Å². The van der Waals surface area contributed by atoms with Crippen LogP contribution in [-0.2, 0) is 6.42 Å². The van der Waals surface area contributed by atoms with E-state index < -0.39 is 6.23 Å². The van der Waals surface area contributed by atoms with E-state index in [1.807, 2.05) is 24.4 Å². The highest BCUT2D eigenvalue weighted by molar-refractivity contribution is 5.83. The number of para-hydroxylation sites is 2. The Morgan fingerprint density at radius 2 is 1.93 bits per heavy atom. The fourth-order valence-corrected chi connectivity index (χ4v) is 3.29. The van der Waals surface area contributed by atoms with Gasteiger partial charge in [-0.2, -0.15) is 5.26 Å². The average molecular weight is 363 g/mol. The molecule has 0 aliphatic heterocycles. The average Bonchev–Trinajstić information content (AvgIpc) is 3.04. The van der Waals surface area contributed by atoms with Crippen molar-refractivity contribution in [1.29, 1.82) is 5.26 Å². The number of fused-ring (bicyclic) bond motifs is 1. The number of aliphatic hydroxyl groups is 1. The monoisotopic (exact) mass is 363 g/mol. The van der Waals surface area contributed by atoms with Crippen molar-refractivity contribution < 1.29 is 9.84 Å². The van der Waals surface area contributed by atoms with Crippen molar-refractivity contribution in [3.05, 3.63) is 65.9 Å². The summed E-state index contributed by atoms with van der Waals surface area (Å²) in [4.78, 5) is 3.29. The van der Waals surface area contributed by atoms with E-state index in [4.69, 9.17) is 10.00 Å². The van der Waals surface area contributed by atoms with Crippen molar-refractivity contribution in [2.24, 2.45) is 0 Å². The van der Waals surface area contributed by atoms with Crippen LogP contribution in [0, 0.1) is 11.3 Å². The van der Waals surface area contributed by atoms with Gasteiger partial charge in [-0.3, -0.25) is 5.32 Å². The van der Waals surface area contributed by atoms with Gasteiger partial charge in [0.2, 0.25) is 0 Å². The maximum atomic E-state index is 10.4. The molecule has 2 aromatic carbocycles. The Hall–Kier alpha value is -2.81. The molecular weight excluding hydrogens is 338 g/mol. The molecular formula is C22H25N3O2. The van der Waals surface area contributed by atoms with Gasteiger partial charge in [-0.05, 0) is 44.0 Å². The van der Waals surface area contributed by atoms with Gasteiger partial charge in [-0.1, -0.05) is 30.3 Å². The summed E-state index contributed by atoms with van der Waals surface area (Å²) in [5, 5.41) is 23.9. The number of rotatable bonds is 8. The summed E-state index contributed by atoms with van der Waals surface area (Å²) >= 11 is 0. The number of aromatic nitrogens is 1. The van der Waals surface area contributed by atoms with Gasteiger partial charge in [-0.25, -0.2) is 0 Å². The Morgan fingerprint density at radius 1 is 1.19 bits per heavy atom. The second-order valence-corrected chi connectivity index (χ2v) is 7.33. The molecule has 5 heteroatoms. The fraction of sp³-hybridized carbons (Fsp3) is 0.318. The summed E-state index contributed by atoms with van der Waals surface area (Å²) in [6.07, 6.45) is 2.55. The molecule has 0 radical (unpaired) electrons. The molecule has 0 aliphatic rings. The van der Waals surface area contributed by atoms with Crippen molar-refractivity contribution in [2.75, 3.05) is 6.61 Å². The second-order valence-electron chi connectivity index (χ2n) is 7.33. The number of nitrogens with one attached hydrogen (secondary N) is 2. The number of hydrogen-bond acceptors (Lipinski definition) is 4.